The molecule has 0 spiro atoms. The molecule has 0 aromatic heterocycles. The van der Waals surface area contributed by atoms with Gasteiger partial charge in [0.25, 0.3) is 0 Å². The highest BCUT2D eigenvalue weighted by Gasteiger charge is 2.08. The van der Waals surface area contributed by atoms with Crippen molar-refractivity contribution in [1.29, 1.82) is 0 Å². The zero-order valence-corrected chi connectivity index (χ0v) is 12.6. The van der Waals surface area contributed by atoms with Crippen LogP contribution in [0.5, 0.6) is 0 Å². The first-order chi connectivity index (χ1) is 10.1. The van der Waals surface area contributed by atoms with Crippen molar-refractivity contribution < 1.29 is 14.7 Å². The van der Waals surface area contributed by atoms with Crippen LogP contribution in [0.3, 0.4) is 0 Å². The van der Waals surface area contributed by atoms with E-state index in [2.05, 4.69) is 17.2 Å². The summed E-state index contributed by atoms with van der Waals surface area (Å²) in [7, 11) is 0. The molecule has 0 radical (unpaired) electrons. The lowest BCUT2D eigenvalue weighted by Gasteiger charge is -2.08. The molecule has 0 bridgehead atoms. The number of nitrogens with one attached hydrogen (secondary N) is 2. The molecule has 0 saturated heterocycles. The predicted octanol–water partition coefficient (Wildman–Crippen LogP) is 2.15. The van der Waals surface area contributed by atoms with Crippen molar-refractivity contribution in [3.63, 3.8) is 0 Å². The van der Waals surface area contributed by atoms with Crippen LogP contribution in [0.2, 0.25) is 0 Å². The van der Waals surface area contributed by atoms with E-state index in [1.54, 1.807) is 36.0 Å². The summed E-state index contributed by atoms with van der Waals surface area (Å²) >= 11 is 1.70. The molecule has 1 aromatic rings. The number of urea groups is 1. The van der Waals surface area contributed by atoms with Crippen LogP contribution in [0.4, 0.5) is 4.79 Å². The van der Waals surface area contributed by atoms with E-state index in [1.807, 2.05) is 6.08 Å². The summed E-state index contributed by atoms with van der Waals surface area (Å²) in [6.07, 6.45) is 2.31. The van der Waals surface area contributed by atoms with Crippen LogP contribution >= 0.6 is 11.8 Å². The fourth-order valence-electron chi connectivity index (χ4n) is 1.72. The van der Waals surface area contributed by atoms with Crippen molar-refractivity contribution in [1.82, 2.24) is 10.6 Å². The van der Waals surface area contributed by atoms with E-state index in [0.29, 0.717) is 25.1 Å². The number of hydrogen-bond donors (Lipinski definition) is 3. The SMILES string of the molecule is C=CCSCCNC(=O)NCCc1ccccc1C(=O)O. The Bertz CT molecular complexity index is 492. The Hall–Kier alpha value is -1.95. The quantitative estimate of drug-likeness (QED) is 0.482. The van der Waals surface area contributed by atoms with E-state index in [4.69, 9.17) is 5.11 Å². The minimum absolute atomic E-state index is 0.234. The Morgan fingerprint density at radius 1 is 1.24 bits per heavy atom. The van der Waals surface area contributed by atoms with Crippen molar-refractivity contribution >= 4 is 23.8 Å². The van der Waals surface area contributed by atoms with Gasteiger partial charge in [0.15, 0.2) is 0 Å². The first-order valence-electron chi connectivity index (χ1n) is 6.66. The van der Waals surface area contributed by atoms with Gasteiger partial charge in [-0.15, -0.1) is 6.58 Å². The molecule has 3 N–H and O–H groups in total. The Morgan fingerprint density at radius 2 is 1.95 bits per heavy atom. The van der Waals surface area contributed by atoms with Gasteiger partial charge in [-0.05, 0) is 18.1 Å². The molecular formula is C15H20N2O3S. The number of rotatable bonds is 9. The number of carbonyl (C=O) groups excluding carboxylic acids is 1. The van der Waals surface area contributed by atoms with Crippen molar-refractivity contribution in [2.45, 2.75) is 6.42 Å². The Balaban J connectivity index is 2.25. The van der Waals surface area contributed by atoms with Gasteiger partial charge < -0.3 is 15.7 Å². The first-order valence-corrected chi connectivity index (χ1v) is 7.82. The predicted molar refractivity (Wildman–Crippen MR) is 86.0 cm³/mol. The second-order valence-electron chi connectivity index (χ2n) is 4.26. The van der Waals surface area contributed by atoms with E-state index in [-0.39, 0.29) is 11.6 Å². The van der Waals surface area contributed by atoms with Crippen LogP contribution in [-0.4, -0.2) is 41.7 Å². The van der Waals surface area contributed by atoms with E-state index < -0.39 is 5.97 Å². The zero-order valence-electron chi connectivity index (χ0n) is 11.8. The number of carboxylic acids is 1. The summed E-state index contributed by atoms with van der Waals surface area (Å²) in [6.45, 7) is 4.61. The molecule has 21 heavy (non-hydrogen) atoms. The smallest absolute Gasteiger partial charge is 0.335 e. The van der Waals surface area contributed by atoms with Crippen molar-refractivity contribution in [2.75, 3.05) is 24.6 Å². The Morgan fingerprint density at radius 3 is 2.67 bits per heavy atom. The van der Waals surface area contributed by atoms with Gasteiger partial charge in [-0.3, -0.25) is 0 Å². The number of carboxylic acid groups (broad SMARTS) is 1. The molecule has 0 fully saturated rings. The average molecular weight is 308 g/mol. The van der Waals surface area contributed by atoms with Crippen LogP contribution in [0.15, 0.2) is 36.9 Å². The topological polar surface area (TPSA) is 78.4 Å². The van der Waals surface area contributed by atoms with E-state index in [0.717, 1.165) is 11.5 Å². The third kappa shape index (κ3) is 6.85. The molecule has 0 aliphatic rings. The molecule has 6 heteroatoms. The van der Waals surface area contributed by atoms with E-state index >= 15 is 0 Å². The lowest BCUT2D eigenvalue weighted by atomic mass is 10.0. The minimum Gasteiger partial charge on any atom is -0.478 e. The molecule has 0 heterocycles. The Labute approximate surface area is 128 Å². The van der Waals surface area contributed by atoms with Crippen LogP contribution in [0, 0.1) is 0 Å². The second-order valence-corrected chi connectivity index (χ2v) is 5.41. The summed E-state index contributed by atoms with van der Waals surface area (Å²) in [5.74, 6) is 0.755. The monoisotopic (exact) mass is 308 g/mol. The highest BCUT2D eigenvalue weighted by molar-refractivity contribution is 7.99. The van der Waals surface area contributed by atoms with Gasteiger partial charge in [-0.25, -0.2) is 9.59 Å². The highest BCUT2D eigenvalue weighted by atomic mass is 32.2. The van der Waals surface area contributed by atoms with Crippen LogP contribution in [-0.2, 0) is 6.42 Å². The van der Waals surface area contributed by atoms with Gasteiger partial charge in [-0.2, -0.15) is 11.8 Å². The van der Waals surface area contributed by atoms with Gasteiger partial charge in [0.1, 0.15) is 0 Å². The number of amides is 2. The fraction of sp³-hybridized carbons (Fsp3) is 0.333. The van der Waals surface area contributed by atoms with Gasteiger partial charge in [0.2, 0.25) is 0 Å². The number of carbonyl (C=O) groups is 2. The van der Waals surface area contributed by atoms with Crippen LogP contribution in [0.25, 0.3) is 0 Å². The van der Waals surface area contributed by atoms with Gasteiger partial charge in [0, 0.05) is 24.6 Å². The van der Waals surface area contributed by atoms with Crippen LogP contribution in [0.1, 0.15) is 15.9 Å². The van der Waals surface area contributed by atoms with Gasteiger partial charge in [-0.1, -0.05) is 24.3 Å². The first kappa shape index (κ1) is 17.1. The molecule has 2 amide bonds. The minimum atomic E-state index is -0.950. The number of aromatic carboxylic acids is 1. The summed E-state index contributed by atoms with van der Waals surface area (Å²) < 4.78 is 0. The number of thioether (sulfide) groups is 1. The lowest BCUT2D eigenvalue weighted by Crippen LogP contribution is -2.37. The van der Waals surface area contributed by atoms with E-state index in [9.17, 15) is 9.59 Å². The maximum absolute atomic E-state index is 11.5. The maximum atomic E-state index is 11.5. The second kappa shape index (κ2) is 9.88. The zero-order chi connectivity index (χ0) is 15.5. The van der Waals surface area contributed by atoms with Crippen molar-refractivity contribution in [3.05, 3.63) is 48.0 Å². The summed E-state index contributed by atoms with van der Waals surface area (Å²) in [5, 5.41) is 14.5. The molecular weight excluding hydrogens is 288 g/mol. The molecule has 0 aliphatic carbocycles. The molecule has 1 aromatic carbocycles. The third-order valence-corrected chi connectivity index (χ3v) is 3.66. The maximum Gasteiger partial charge on any atom is 0.335 e. The molecule has 0 aliphatic heterocycles. The molecule has 1 rings (SSSR count). The van der Waals surface area contributed by atoms with Crippen molar-refractivity contribution in [3.8, 4) is 0 Å². The Kier molecular flexibility index (Phi) is 8.04. The molecule has 0 atom stereocenters. The van der Waals surface area contributed by atoms with E-state index in [1.165, 1.54) is 0 Å². The number of hydrogen-bond acceptors (Lipinski definition) is 3. The lowest BCUT2D eigenvalue weighted by molar-refractivity contribution is 0.0695. The standard InChI is InChI=1S/C15H20N2O3S/c1-2-10-21-11-9-17-15(20)16-8-7-12-5-3-4-6-13(12)14(18)19/h2-6H,1,7-11H2,(H,18,19)(H2,16,17,20). The summed E-state index contributed by atoms with van der Waals surface area (Å²) in [6, 6.07) is 6.57. The highest BCUT2D eigenvalue weighted by Crippen LogP contribution is 2.08. The van der Waals surface area contributed by atoms with Gasteiger partial charge >= 0.3 is 12.0 Å². The average Bonchev–Trinajstić information content (AvgIpc) is 2.47. The fourth-order valence-corrected chi connectivity index (χ4v) is 2.30. The summed E-state index contributed by atoms with van der Waals surface area (Å²) in [4.78, 5) is 22.6. The third-order valence-electron chi connectivity index (χ3n) is 2.70. The molecule has 114 valence electrons. The molecule has 5 nitrogen and oxygen atoms in total. The molecule has 0 unspecified atom stereocenters. The van der Waals surface area contributed by atoms with Crippen molar-refractivity contribution in [2.24, 2.45) is 0 Å². The molecule has 0 saturated carbocycles. The van der Waals surface area contributed by atoms with Gasteiger partial charge in [0.05, 0.1) is 5.56 Å². The normalized spacial score (nSPS) is 9.90. The van der Waals surface area contributed by atoms with Crippen LogP contribution < -0.4 is 10.6 Å². The summed E-state index contributed by atoms with van der Waals surface area (Å²) in [5.41, 5.74) is 0.993. The largest absolute Gasteiger partial charge is 0.478 e. The number of benzene rings is 1.